The van der Waals surface area contributed by atoms with Crippen LogP contribution in [0, 0.1) is 0 Å². The van der Waals surface area contributed by atoms with Gasteiger partial charge in [-0.15, -0.1) is 6.58 Å². The third-order valence-electron chi connectivity index (χ3n) is 2.31. The molecule has 0 aromatic rings. The number of rotatable bonds is 5. The number of allylic oxidation sites excluding steroid dienone is 1. The summed E-state index contributed by atoms with van der Waals surface area (Å²) in [6.07, 6.45) is 2.99. The zero-order chi connectivity index (χ0) is 22.0. The molecule has 1 atom stereocenters. The molecule has 0 aromatic carbocycles. The van der Waals surface area contributed by atoms with Crippen molar-refractivity contribution in [2.75, 3.05) is 13.2 Å². The number of ether oxygens (including phenoxy) is 2. The fraction of sp³-hybridized carbons (Fsp3) is 0.450. The molecular weight excluding hydrogens is 352 g/mol. The van der Waals surface area contributed by atoms with Crippen LogP contribution in [-0.4, -0.2) is 47.4 Å². The van der Waals surface area contributed by atoms with E-state index in [1.807, 2.05) is 13.8 Å². The van der Waals surface area contributed by atoms with Gasteiger partial charge in [0.2, 0.25) is 0 Å². The van der Waals surface area contributed by atoms with Gasteiger partial charge in [-0.2, -0.15) is 0 Å². The van der Waals surface area contributed by atoms with Gasteiger partial charge in [-0.3, -0.25) is 0 Å². The third kappa shape index (κ3) is 28.4. The summed E-state index contributed by atoms with van der Waals surface area (Å²) in [5, 5.41) is 15.5. The van der Waals surface area contributed by atoms with Crippen molar-refractivity contribution in [2.24, 2.45) is 0 Å². The number of hydrogen-bond donors (Lipinski definition) is 2. The van der Waals surface area contributed by atoms with E-state index in [4.69, 9.17) is 19.7 Å². The molecule has 0 saturated carbocycles. The Balaban J connectivity index is -0.000000324. The van der Waals surface area contributed by atoms with Gasteiger partial charge in [0.25, 0.3) is 0 Å². The van der Waals surface area contributed by atoms with Crippen LogP contribution in [0.5, 0.6) is 0 Å². The second-order valence-corrected chi connectivity index (χ2v) is 5.85. The van der Waals surface area contributed by atoms with Gasteiger partial charge in [0.05, 0.1) is 6.10 Å². The Hall–Kier alpha value is -2.67. The van der Waals surface area contributed by atoms with E-state index < -0.39 is 11.9 Å². The van der Waals surface area contributed by atoms with Crippen molar-refractivity contribution < 1.29 is 34.1 Å². The number of hydrogen-bond acceptors (Lipinski definition) is 5. The number of carboxylic acid groups (broad SMARTS) is 2. The molecule has 0 aromatic heterocycles. The Labute approximate surface area is 161 Å². The zero-order valence-corrected chi connectivity index (χ0v) is 16.7. The van der Waals surface area contributed by atoms with Crippen LogP contribution in [0.4, 0.5) is 0 Å². The molecule has 7 nitrogen and oxygen atoms in total. The predicted molar refractivity (Wildman–Crippen MR) is 106 cm³/mol. The Kier molecular flexibility index (Phi) is 19.5. The van der Waals surface area contributed by atoms with Crippen LogP contribution in [0.3, 0.4) is 0 Å². The van der Waals surface area contributed by atoms with Crippen LogP contribution in [0.15, 0.2) is 49.1 Å². The molecule has 1 heterocycles. The molecule has 1 rings (SSSR count). The first-order valence-electron chi connectivity index (χ1n) is 8.15. The maximum absolute atomic E-state index is 10.9. The summed E-state index contributed by atoms with van der Waals surface area (Å²) in [7, 11) is 0. The van der Waals surface area contributed by atoms with Gasteiger partial charge in [-0.05, 0) is 40.5 Å². The van der Waals surface area contributed by atoms with Crippen molar-refractivity contribution >= 4 is 17.9 Å². The fourth-order valence-electron chi connectivity index (χ4n) is 1.07. The van der Waals surface area contributed by atoms with E-state index in [1.165, 1.54) is 12.5 Å². The van der Waals surface area contributed by atoms with Crippen LogP contribution >= 0.6 is 0 Å². The topological polar surface area (TPSA) is 110 Å². The van der Waals surface area contributed by atoms with Crippen molar-refractivity contribution in [3.05, 3.63) is 49.1 Å². The second-order valence-electron chi connectivity index (χ2n) is 5.85. The summed E-state index contributed by atoms with van der Waals surface area (Å²) < 4.78 is 10.2. The second kappa shape index (κ2) is 18.1. The first-order valence-corrected chi connectivity index (χ1v) is 8.15. The maximum Gasteiger partial charge on any atom is 0.333 e. The van der Waals surface area contributed by atoms with Gasteiger partial charge in [-0.25, -0.2) is 14.4 Å². The highest BCUT2D eigenvalue weighted by molar-refractivity contribution is 5.86. The van der Waals surface area contributed by atoms with E-state index in [9.17, 15) is 14.4 Å². The number of carbonyl (C=O) groups excluding carboxylic acids is 1. The number of esters is 1. The van der Waals surface area contributed by atoms with Crippen LogP contribution < -0.4 is 0 Å². The van der Waals surface area contributed by atoms with Crippen molar-refractivity contribution in [1.82, 2.24) is 0 Å². The zero-order valence-electron chi connectivity index (χ0n) is 16.7. The molecule has 1 fully saturated rings. The van der Waals surface area contributed by atoms with Gasteiger partial charge in [0.1, 0.15) is 6.61 Å². The van der Waals surface area contributed by atoms with Gasteiger partial charge in [0.15, 0.2) is 0 Å². The molecule has 1 unspecified atom stereocenters. The molecule has 27 heavy (non-hydrogen) atoms. The van der Waals surface area contributed by atoms with E-state index in [0.29, 0.717) is 12.2 Å². The van der Waals surface area contributed by atoms with E-state index in [0.717, 1.165) is 25.5 Å². The van der Waals surface area contributed by atoms with Crippen molar-refractivity contribution in [3.63, 3.8) is 0 Å². The average molecular weight is 384 g/mol. The highest BCUT2D eigenvalue weighted by Gasteiger charge is 2.17. The van der Waals surface area contributed by atoms with Crippen molar-refractivity contribution in [3.8, 4) is 0 Å². The Bertz CT molecular complexity index is 510. The van der Waals surface area contributed by atoms with Crippen LogP contribution in [-0.2, 0) is 23.9 Å². The minimum absolute atomic E-state index is 0.105. The molecular formula is C20H32O7. The summed E-state index contributed by atoms with van der Waals surface area (Å²) >= 11 is 0. The highest BCUT2D eigenvalue weighted by Crippen LogP contribution is 2.12. The molecule has 1 aliphatic rings. The van der Waals surface area contributed by atoms with Crippen LogP contribution in [0.1, 0.15) is 40.5 Å². The predicted octanol–water partition coefficient (Wildman–Crippen LogP) is 3.77. The lowest BCUT2D eigenvalue weighted by Crippen LogP contribution is -2.17. The first kappa shape index (κ1) is 29.1. The molecule has 0 bridgehead atoms. The fourth-order valence-corrected chi connectivity index (χ4v) is 1.07. The molecule has 0 radical (unpaired) electrons. The molecule has 0 spiro atoms. The summed E-state index contributed by atoms with van der Waals surface area (Å²) in [5.74, 6) is -2.24. The molecule has 7 heteroatoms. The summed E-state index contributed by atoms with van der Waals surface area (Å²) in [5.41, 5.74) is 1.78. The highest BCUT2D eigenvalue weighted by atomic mass is 16.6. The number of carboxylic acids is 2. The van der Waals surface area contributed by atoms with Gasteiger partial charge in [-0.1, -0.05) is 25.3 Å². The van der Waals surface area contributed by atoms with Crippen molar-refractivity contribution in [2.45, 2.75) is 46.6 Å². The molecule has 1 saturated heterocycles. The maximum atomic E-state index is 10.9. The third-order valence-corrected chi connectivity index (χ3v) is 2.31. The molecule has 0 aliphatic carbocycles. The largest absolute Gasteiger partial charge is 0.478 e. The van der Waals surface area contributed by atoms with E-state index >= 15 is 0 Å². The van der Waals surface area contributed by atoms with E-state index in [2.05, 4.69) is 26.3 Å². The minimum Gasteiger partial charge on any atom is -0.478 e. The van der Waals surface area contributed by atoms with E-state index in [-0.39, 0.29) is 17.6 Å². The normalized spacial score (nSPS) is 13.7. The lowest BCUT2D eigenvalue weighted by atomic mass is 10.2. The average Bonchev–Trinajstić information content (AvgIpc) is 3.06. The monoisotopic (exact) mass is 384 g/mol. The quantitative estimate of drug-likeness (QED) is 0.422. The summed E-state index contributed by atoms with van der Waals surface area (Å²) in [6, 6.07) is 0. The molecule has 1 aliphatic heterocycles. The minimum atomic E-state index is -0.981. The van der Waals surface area contributed by atoms with Crippen LogP contribution in [0.2, 0.25) is 0 Å². The smallest absolute Gasteiger partial charge is 0.333 e. The Morgan fingerprint density at radius 1 is 1.07 bits per heavy atom. The van der Waals surface area contributed by atoms with Crippen LogP contribution in [0.25, 0.3) is 0 Å². The van der Waals surface area contributed by atoms with Crippen molar-refractivity contribution in [1.29, 1.82) is 0 Å². The van der Waals surface area contributed by atoms with Gasteiger partial charge in [0, 0.05) is 23.8 Å². The number of carbonyl (C=O) groups is 3. The lowest BCUT2D eigenvalue weighted by molar-refractivity contribution is -0.142. The SMILES string of the molecule is C=C(C)C.C=C(C)C(=O)O.C=C(C)C(=O)OCC1CCCO1.C=CC(=O)O. The van der Waals surface area contributed by atoms with E-state index in [1.54, 1.807) is 6.92 Å². The summed E-state index contributed by atoms with van der Waals surface area (Å²) in [6.45, 7) is 21.3. The first-order chi connectivity index (χ1) is 12.3. The van der Waals surface area contributed by atoms with Gasteiger partial charge >= 0.3 is 17.9 Å². The lowest BCUT2D eigenvalue weighted by Gasteiger charge is -2.09. The molecule has 154 valence electrons. The number of aliphatic carboxylic acids is 2. The molecule has 0 amide bonds. The Morgan fingerprint density at radius 2 is 1.48 bits per heavy atom. The van der Waals surface area contributed by atoms with Gasteiger partial charge < -0.3 is 19.7 Å². The Morgan fingerprint density at radius 3 is 1.70 bits per heavy atom. The summed E-state index contributed by atoms with van der Waals surface area (Å²) in [4.78, 5) is 29.8. The molecule has 2 N–H and O–H groups in total. The standard InChI is InChI=1S/C9H14O3.C4H6O2.C4H8.C3H4O2/c1-7(2)9(10)12-6-8-4-3-5-11-8;1-3(2)4(5)6;1-4(2)3;1-2-3(4)5/h8H,1,3-6H2,2H3;1H2,2H3,(H,5,6);1H2,2-3H3;2H,1H2,(H,4,5).